The van der Waals surface area contributed by atoms with Gasteiger partial charge in [-0.05, 0) is 36.1 Å². The first-order chi connectivity index (χ1) is 8.08. The zero-order valence-corrected chi connectivity index (χ0v) is 10.1. The maximum atomic E-state index is 12.2. The van der Waals surface area contributed by atoms with Gasteiger partial charge in [-0.2, -0.15) is 0 Å². The first-order valence-corrected chi connectivity index (χ1v) is 5.97. The van der Waals surface area contributed by atoms with Crippen LogP contribution in [0.2, 0.25) is 0 Å². The SMILES string of the molecule is CC1(C)CC1C(=O)c1ccc2ncccc2c1. The Labute approximate surface area is 101 Å². The quantitative estimate of drug-likeness (QED) is 0.732. The highest BCUT2D eigenvalue weighted by Gasteiger charge is 2.50. The normalized spacial score (nSPS) is 21.4. The van der Waals surface area contributed by atoms with Gasteiger partial charge in [-0.15, -0.1) is 0 Å². The number of rotatable bonds is 2. The number of carbonyl (C=O) groups is 1. The van der Waals surface area contributed by atoms with E-state index in [2.05, 4.69) is 18.8 Å². The van der Waals surface area contributed by atoms with Crippen LogP contribution in [0, 0.1) is 11.3 Å². The highest BCUT2D eigenvalue weighted by Crippen LogP contribution is 2.53. The first-order valence-electron chi connectivity index (χ1n) is 5.97. The largest absolute Gasteiger partial charge is 0.294 e. The fourth-order valence-electron chi connectivity index (χ4n) is 2.34. The Hall–Kier alpha value is -1.70. The molecule has 1 atom stereocenters. The summed E-state index contributed by atoms with van der Waals surface area (Å²) in [5.74, 6) is 0.484. The molecule has 1 fully saturated rings. The smallest absolute Gasteiger partial charge is 0.166 e. The van der Waals surface area contributed by atoms with Crippen LogP contribution in [0.5, 0.6) is 0 Å². The molecule has 0 N–H and O–H groups in total. The minimum absolute atomic E-state index is 0.195. The fourth-order valence-corrected chi connectivity index (χ4v) is 2.34. The average Bonchev–Trinajstić information content (AvgIpc) is 2.97. The number of nitrogens with zero attached hydrogens (tertiary/aromatic N) is 1. The molecule has 3 rings (SSSR count). The van der Waals surface area contributed by atoms with E-state index in [1.165, 1.54) is 0 Å². The van der Waals surface area contributed by atoms with E-state index in [-0.39, 0.29) is 17.1 Å². The number of carbonyl (C=O) groups excluding carboxylic acids is 1. The highest BCUT2D eigenvalue weighted by atomic mass is 16.1. The van der Waals surface area contributed by atoms with Gasteiger partial charge in [0.1, 0.15) is 0 Å². The lowest BCUT2D eigenvalue weighted by Gasteiger charge is -2.04. The average molecular weight is 225 g/mol. The lowest BCUT2D eigenvalue weighted by Crippen LogP contribution is -2.06. The molecule has 0 aliphatic heterocycles. The molecule has 0 amide bonds. The molecule has 1 unspecified atom stereocenters. The van der Waals surface area contributed by atoms with Crippen molar-refractivity contribution in [2.75, 3.05) is 0 Å². The van der Waals surface area contributed by atoms with Crippen LogP contribution in [0.3, 0.4) is 0 Å². The topological polar surface area (TPSA) is 30.0 Å². The predicted octanol–water partition coefficient (Wildman–Crippen LogP) is 3.46. The molecule has 1 aliphatic rings. The minimum Gasteiger partial charge on any atom is -0.294 e. The van der Waals surface area contributed by atoms with Crippen molar-refractivity contribution in [1.29, 1.82) is 0 Å². The molecule has 1 aliphatic carbocycles. The Bertz CT molecular complexity index is 601. The number of ketones is 1. The van der Waals surface area contributed by atoms with Crippen LogP contribution in [0.4, 0.5) is 0 Å². The number of benzene rings is 1. The molecular weight excluding hydrogens is 210 g/mol. The van der Waals surface area contributed by atoms with E-state index in [1.807, 2.05) is 30.3 Å². The third-order valence-electron chi connectivity index (χ3n) is 3.72. The molecule has 1 aromatic carbocycles. The number of Topliss-reactive ketones (excluding diaryl/α,β-unsaturated/α-hetero) is 1. The van der Waals surface area contributed by atoms with Gasteiger partial charge >= 0.3 is 0 Å². The van der Waals surface area contributed by atoms with Crippen LogP contribution in [0.15, 0.2) is 36.5 Å². The van der Waals surface area contributed by atoms with Crippen molar-refractivity contribution in [3.05, 3.63) is 42.1 Å². The summed E-state index contributed by atoms with van der Waals surface area (Å²) in [6.07, 6.45) is 2.78. The van der Waals surface area contributed by atoms with E-state index in [9.17, 15) is 4.79 Å². The number of hydrogen-bond donors (Lipinski definition) is 0. The van der Waals surface area contributed by atoms with Gasteiger partial charge in [0.15, 0.2) is 5.78 Å². The van der Waals surface area contributed by atoms with Gasteiger partial charge in [-0.25, -0.2) is 0 Å². The van der Waals surface area contributed by atoms with Gasteiger partial charge < -0.3 is 0 Å². The molecule has 2 aromatic rings. The zero-order chi connectivity index (χ0) is 12.0. The Balaban J connectivity index is 1.99. The molecule has 86 valence electrons. The van der Waals surface area contributed by atoms with Crippen molar-refractivity contribution in [2.24, 2.45) is 11.3 Å². The van der Waals surface area contributed by atoms with Crippen LogP contribution in [0.1, 0.15) is 30.6 Å². The van der Waals surface area contributed by atoms with E-state index in [0.717, 1.165) is 22.9 Å². The lowest BCUT2D eigenvalue weighted by molar-refractivity contribution is 0.0953. The molecule has 0 spiro atoms. The van der Waals surface area contributed by atoms with E-state index in [0.29, 0.717) is 0 Å². The first kappa shape index (κ1) is 10.5. The van der Waals surface area contributed by atoms with E-state index in [1.54, 1.807) is 6.20 Å². The van der Waals surface area contributed by atoms with Crippen molar-refractivity contribution < 1.29 is 4.79 Å². The Kier molecular flexibility index (Phi) is 2.09. The maximum absolute atomic E-state index is 12.2. The third-order valence-corrected chi connectivity index (χ3v) is 3.72. The molecule has 1 heterocycles. The number of pyridine rings is 1. The summed E-state index contributed by atoms with van der Waals surface area (Å²) in [5, 5.41) is 1.04. The summed E-state index contributed by atoms with van der Waals surface area (Å²) in [5.41, 5.74) is 1.96. The molecule has 2 heteroatoms. The molecule has 2 nitrogen and oxygen atoms in total. The standard InChI is InChI=1S/C15H15NO/c1-15(2)9-12(15)14(17)11-5-6-13-10(8-11)4-3-7-16-13/h3-8,12H,9H2,1-2H3. The Morgan fingerprint density at radius 2 is 2.12 bits per heavy atom. The molecule has 1 aromatic heterocycles. The van der Waals surface area contributed by atoms with Crippen LogP contribution in [0.25, 0.3) is 10.9 Å². The molecule has 1 saturated carbocycles. The van der Waals surface area contributed by atoms with Crippen molar-refractivity contribution >= 4 is 16.7 Å². The molecule has 0 radical (unpaired) electrons. The number of fused-ring (bicyclic) bond motifs is 1. The summed E-state index contributed by atoms with van der Waals surface area (Å²) in [6, 6.07) is 9.68. The second-order valence-corrected chi connectivity index (χ2v) is 5.52. The summed E-state index contributed by atoms with van der Waals surface area (Å²) in [7, 11) is 0. The van der Waals surface area contributed by atoms with Gasteiger partial charge in [0.25, 0.3) is 0 Å². The van der Waals surface area contributed by atoms with Gasteiger partial charge in [0.2, 0.25) is 0 Å². The molecular formula is C15H15NO. The third kappa shape index (κ3) is 1.74. The monoisotopic (exact) mass is 225 g/mol. The second kappa shape index (κ2) is 3.39. The number of aromatic nitrogens is 1. The Morgan fingerprint density at radius 1 is 1.35 bits per heavy atom. The van der Waals surface area contributed by atoms with Gasteiger partial charge in [-0.3, -0.25) is 9.78 Å². The predicted molar refractivity (Wildman–Crippen MR) is 68.0 cm³/mol. The molecule has 0 bridgehead atoms. The minimum atomic E-state index is 0.195. The van der Waals surface area contributed by atoms with E-state index in [4.69, 9.17) is 0 Å². The van der Waals surface area contributed by atoms with Crippen molar-refractivity contribution in [3.63, 3.8) is 0 Å². The van der Waals surface area contributed by atoms with E-state index < -0.39 is 0 Å². The summed E-state index contributed by atoms with van der Waals surface area (Å²) in [6.45, 7) is 4.30. The van der Waals surface area contributed by atoms with Gasteiger partial charge in [0.05, 0.1) is 5.52 Å². The summed E-state index contributed by atoms with van der Waals surface area (Å²) >= 11 is 0. The fraction of sp³-hybridized carbons (Fsp3) is 0.333. The van der Waals surface area contributed by atoms with Crippen LogP contribution >= 0.6 is 0 Å². The highest BCUT2D eigenvalue weighted by molar-refractivity contribution is 6.02. The van der Waals surface area contributed by atoms with Gasteiger partial charge in [0, 0.05) is 23.1 Å². The maximum Gasteiger partial charge on any atom is 0.166 e. The summed E-state index contributed by atoms with van der Waals surface area (Å²) < 4.78 is 0. The molecule has 0 saturated heterocycles. The zero-order valence-electron chi connectivity index (χ0n) is 10.1. The van der Waals surface area contributed by atoms with Crippen LogP contribution in [-0.4, -0.2) is 10.8 Å². The Morgan fingerprint density at radius 3 is 2.82 bits per heavy atom. The number of hydrogen-bond acceptors (Lipinski definition) is 2. The molecule has 17 heavy (non-hydrogen) atoms. The van der Waals surface area contributed by atoms with Crippen LogP contribution < -0.4 is 0 Å². The van der Waals surface area contributed by atoms with E-state index >= 15 is 0 Å². The van der Waals surface area contributed by atoms with Crippen molar-refractivity contribution in [3.8, 4) is 0 Å². The lowest BCUT2D eigenvalue weighted by atomic mass is 10.00. The van der Waals surface area contributed by atoms with Crippen LogP contribution in [-0.2, 0) is 0 Å². The second-order valence-electron chi connectivity index (χ2n) is 5.52. The summed E-state index contributed by atoms with van der Waals surface area (Å²) in [4.78, 5) is 16.5. The van der Waals surface area contributed by atoms with Crippen molar-refractivity contribution in [1.82, 2.24) is 4.98 Å². The van der Waals surface area contributed by atoms with Gasteiger partial charge in [-0.1, -0.05) is 19.9 Å². The van der Waals surface area contributed by atoms with Crippen molar-refractivity contribution in [2.45, 2.75) is 20.3 Å².